The van der Waals surface area contributed by atoms with E-state index in [2.05, 4.69) is 57.8 Å². The van der Waals surface area contributed by atoms with Crippen LogP contribution < -0.4 is 59.3 Å². The zero-order valence-corrected chi connectivity index (χ0v) is 52.6. The molecule has 0 saturated carbocycles. The first-order valence-electron chi connectivity index (χ1n) is 28.5. The van der Waals surface area contributed by atoms with Crippen molar-refractivity contribution in [1.29, 1.82) is 0 Å². The van der Waals surface area contributed by atoms with Crippen LogP contribution >= 0.6 is 35.3 Å². The van der Waals surface area contributed by atoms with Gasteiger partial charge in [-0.3, -0.25) is 52.7 Å². The van der Waals surface area contributed by atoms with Gasteiger partial charge in [-0.2, -0.15) is 35.3 Å². The smallest absolute Gasteiger partial charge is 0.305 e. The molecule has 0 bridgehead atoms. The molecule has 0 fully saturated rings. The van der Waals surface area contributed by atoms with Crippen molar-refractivity contribution in [3.8, 4) is 0 Å². The molecule has 4 rings (SSSR count). The maximum Gasteiger partial charge on any atom is 0.305 e. The van der Waals surface area contributed by atoms with Gasteiger partial charge in [-0.25, -0.2) is 10.7 Å². The van der Waals surface area contributed by atoms with E-state index in [1.807, 2.05) is 39.2 Å². The summed E-state index contributed by atoms with van der Waals surface area (Å²) >= 11 is 4.13. The molecule has 477 valence electrons. The Morgan fingerprint density at radius 3 is 1.43 bits per heavy atom. The van der Waals surface area contributed by atoms with Crippen molar-refractivity contribution >= 4 is 100 Å². The van der Waals surface area contributed by atoms with Crippen molar-refractivity contribution in [3.05, 3.63) is 125 Å². The first-order valence-corrected chi connectivity index (χ1v) is 32.7. The number of aryl methyl sites for hydroxylation is 1. The number of amides is 10. The molecule has 3 aromatic carbocycles. The second kappa shape index (κ2) is 38.4. The molecule has 0 saturated heterocycles. The molecule has 88 heavy (non-hydrogen) atoms. The van der Waals surface area contributed by atoms with E-state index >= 15 is 0 Å². The van der Waals surface area contributed by atoms with Crippen molar-refractivity contribution < 1.29 is 57.8 Å². The number of benzene rings is 3. The Balaban J connectivity index is 1.64. The standard InChI is InChI=1S/C60H82N13O12S3/c1-35(2)25-44(56(81)67-42(52(62)77)21-23-86-4)66-50(74)32-64-54(79)45(28-39-19-17-36(3)18-20-39)69-57(82)46(26-37-13-9-7-10-14-37)70-58(83)47(27-38-15-11-8-12-16-38)71-60(85)49(30-51(75)76)73-59(84)48(29-40-31-63-34-65-40)72-55(80)43(22-24-87-5)68-53(78)41(61)33-88-6/h7-20,31,34-35,41-49,61H,21-30,32-33H2,1-6H3,(H2,62,77)(H,63,65)(H,64,79)(H,66,74)(H,67,81)(H,68,78)(H,69,82)(H,70,83)(H,71,85)(H,72,80)(H,73,84)(H,75,76)/t41-,42-,43-,44-,45-,46-,47-,48-,49-/m0/s1. The Hall–Kier alpha value is -7.95. The van der Waals surface area contributed by atoms with Gasteiger partial charge in [0.05, 0.1) is 19.3 Å². The number of aliphatic carboxylic acids is 1. The number of primary amides is 1. The third-order valence-corrected chi connectivity index (χ3v) is 15.5. The Bertz CT molecular complexity index is 2930. The fourth-order valence-electron chi connectivity index (χ4n) is 8.91. The number of nitrogens with two attached hydrogens (primary N) is 1. The van der Waals surface area contributed by atoms with E-state index < -0.39 is 132 Å². The molecule has 0 aliphatic carbocycles. The van der Waals surface area contributed by atoms with E-state index in [0.29, 0.717) is 33.9 Å². The fourth-order valence-corrected chi connectivity index (χ4v) is 10.3. The molecule has 0 aliphatic rings. The molecular weight excluding hydrogens is 1190 g/mol. The van der Waals surface area contributed by atoms with Crippen LogP contribution in [0.4, 0.5) is 0 Å². The molecule has 14 N–H and O–H groups in total. The fraction of sp³-hybridized carbons (Fsp3) is 0.467. The molecule has 10 amide bonds. The second-order valence-corrected chi connectivity index (χ2v) is 24.2. The maximum absolute atomic E-state index is 14.8. The molecule has 0 spiro atoms. The molecule has 28 heteroatoms. The molecule has 1 radical (unpaired) electrons. The number of H-pyrrole nitrogens is 1. The van der Waals surface area contributed by atoms with Crippen LogP contribution in [0.15, 0.2) is 97.5 Å². The van der Waals surface area contributed by atoms with Crippen LogP contribution in [0.5, 0.6) is 0 Å². The Morgan fingerprint density at radius 2 is 0.966 bits per heavy atom. The summed E-state index contributed by atoms with van der Waals surface area (Å²) in [7, 11) is 0. The van der Waals surface area contributed by atoms with Gasteiger partial charge in [-0.15, -0.1) is 0 Å². The quantitative estimate of drug-likeness (QED) is 0.0290. The monoisotopic (exact) mass is 1270 g/mol. The maximum atomic E-state index is 14.8. The lowest BCUT2D eigenvalue weighted by Crippen LogP contribution is -2.61. The number of carboxylic acids is 1. The van der Waals surface area contributed by atoms with Crippen LogP contribution in [0, 0.1) is 12.8 Å². The molecular formula is C60H82N13O12S3. The molecule has 1 aromatic heterocycles. The Labute approximate surface area is 525 Å². The highest BCUT2D eigenvalue weighted by Gasteiger charge is 2.36. The number of nitrogens with one attached hydrogen (secondary N) is 11. The third kappa shape index (κ3) is 26.2. The normalized spacial score (nSPS) is 14.1. The number of carbonyl (C=O) groups excluding carboxylic acids is 10. The lowest BCUT2D eigenvalue weighted by Gasteiger charge is -2.27. The van der Waals surface area contributed by atoms with Gasteiger partial charge in [0.1, 0.15) is 54.4 Å². The number of rotatable bonds is 39. The van der Waals surface area contributed by atoms with Gasteiger partial charge in [0.2, 0.25) is 59.1 Å². The van der Waals surface area contributed by atoms with E-state index in [-0.39, 0.29) is 56.6 Å². The molecule has 9 atom stereocenters. The van der Waals surface area contributed by atoms with E-state index in [9.17, 15) is 57.8 Å². The minimum atomic E-state index is -1.87. The summed E-state index contributed by atoms with van der Waals surface area (Å²) in [6, 6.07) is 12.0. The molecule has 4 aromatic rings. The number of nitrogens with zero attached hydrogens (tertiary/aromatic N) is 1. The first kappa shape index (κ1) is 72.5. The number of aromatic amines is 1. The lowest BCUT2D eigenvalue weighted by molar-refractivity contribution is -0.141. The largest absolute Gasteiger partial charge is 0.481 e. The van der Waals surface area contributed by atoms with Crippen LogP contribution in [0.2, 0.25) is 0 Å². The van der Waals surface area contributed by atoms with Gasteiger partial charge in [0.15, 0.2) is 0 Å². The van der Waals surface area contributed by atoms with Crippen LogP contribution in [0.1, 0.15) is 67.5 Å². The number of thioether (sulfide) groups is 3. The summed E-state index contributed by atoms with van der Waals surface area (Å²) in [4.78, 5) is 158. The summed E-state index contributed by atoms with van der Waals surface area (Å²) in [6.07, 6.45) is 6.97. The Kier molecular flexibility index (Phi) is 31.6. The van der Waals surface area contributed by atoms with Crippen molar-refractivity contribution in [2.75, 3.05) is 42.6 Å². The average Bonchev–Trinajstić information content (AvgIpc) is 3.96. The van der Waals surface area contributed by atoms with Gasteiger partial charge in [-0.1, -0.05) is 104 Å². The van der Waals surface area contributed by atoms with Crippen LogP contribution in [-0.2, 0) is 78.4 Å². The van der Waals surface area contributed by atoms with E-state index in [0.717, 1.165) is 5.56 Å². The zero-order valence-electron chi connectivity index (χ0n) is 50.2. The van der Waals surface area contributed by atoms with Crippen molar-refractivity contribution in [2.24, 2.45) is 11.7 Å². The highest BCUT2D eigenvalue weighted by atomic mass is 32.2. The summed E-state index contributed by atoms with van der Waals surface area (Å²) in [6.45, 7) is 4.91. The average molecular weight is 1270 g/mol. The van der Waals surface area contributed by atoms with Gasteiger partial charge in [-0.05, 0) is 79.1 Å². The molecule has 0 unspecified atom stereocenters. The predicted octanol–water partition coefficient (Wildman–Crippen LogP) is 0.510. The number of imidazole rings is 1. The highest BCUT2D eigenvalue weighted by Crippen LogP contribution is 2.14. The zero-order chi connectivity index (χ0) is 64.7. The molecule has 0 aliphatic heterocycles. The SMILES string of the molecule is CSCC[C@H](NC(=O)[C@H](CC(C)C)NC(=O)CNC(=O)[C@H](Cc1ccc(C)cc1)NC(=O)[C@H](Cc1ccccc1)NC(=O)[C@H](Cc1ccccc1)NC(=O)[C@H](CC(=O)O)NC(=O)[C@H](Cc1cnc[nH]1)NC(=O)[C@H](CCSC)NC(=O)[C@@H]([NH])CSC)C(N)=O. The number of carboxylic acid groups (broad SMARTS) is 1. The topological polar surface area (TPSA) is 395 Å². The van der Waals surface area contributed by atoms with Gasteiger partial charge < -0.3 is 63.7 Å². The summed E-state index contributed by atoms with van der Waals surface area (Å²) < 4.78 is 0. The summed E-state index contributed by atoms with van der Waals surface area (Å²) in [5.41, 5.74) is 16.7. The number of aromatic nitrogens is 2. The minimum absolute atomic E-state index is 0.0842. The van der Waals surface area contributed by atoms with Crippen molar-refractivity contribution in [3.63, 3.8) is 0 Å². The first-order chi connectivity index (χ1) is 42.0. The number of hydrogen-bond acceptors (Lipinski definition) is 15. The van der Waals surface area contributed by atoms with Crippen LogP contribution in [0.25, 0.3) is 0 Å². The van der Waals surface area contributed by atoms with E-state index in [4.69, 9.17) is 11.5 Å². The number of carbonyl (C=O) groups is 11. The Morgan fingerprint density at radius 1 is 0.534 bits per heavy atom. The van der Waals surface area contributed by atoms with Gasteiger partial charge >= 0.3 is 5.97 Å². The van der Waals surface area contributed by atoms with Crippen LogP contribution in [0.3, 0.4) is 0 Å². The summed E-state index contributed by atoms with van der Waals surface area (Å²) in [5.74, 6) is -8.83. The highest BCUT2D eigenvalue weighted by molar-refractivity contribution is 7.99. The van der Waals surface area contributed by atoms with E-state index in [1.54, 1.807) is 85.3 Å². The molecule has 1 heterocycles. The predicted molar refractivity (Wildman–Crippen MR) is 338 cm³/mol. The van der Waals surface area contributed by atoms with E-state index in [1.165, 1.54) is 47.8 Å². The van der Waals surface area contributed by atoms with Crippen molar-refractivity contribution in [1.82, 2.24) is 63.6 Å². The van der Waals surface area contributed by atoms with Crippen LogP contribution in [-0.4, -0.2) is 177 Å². The third-order valence-electron chi connectivity index (χ3n) is 13.6. The molecule has 25 nitrogen and oxygen atoms in total. The van der Waals surface area contributed by atoms with Gasteiger partial charge in [0, 0.05) is 43.3 Å². The lowest BCUT2D eigenvalue weighted by atomic mass is 10.0. The van der Waals surface area contributed by atoms with Gasteiger partial charge in [0.25, 0.3) is 0 Å². The summed E-state index contributed by atoms with van der Waals surface area (Å²) in [5, 5.41) is 33.7. The minimum Gasteiger partial charge on any atom is -0.481 e. The second-order valence-electron chi connectivity index (χ2n) is 21.3. The number of hydrogen-bond donors (Lipinski definition) is 12. The van der Waals surface area contributed by atoms with Crippen molar-refractivity contribution in [2.45, 2.75) is 127 Å².